The summed E-state index contributed by atoms with van der Waals surface area (Å²) in [4.78, 5) is 2.50. The Morgan fingerprint density at radius 3 is 1.68 bits per heavy atom. The van der Waals surface area contributed by atoms with Crippen LogP contribution in [0.25, 0.3) is 87.6 Å². The van der Waals surface area contributed by atoms with Crippen LogP contribution >= 0.6 is 0 Å². The fraction of sp³-hybridized carbons (Fsp3) is 0.0149. The lowest BCUT2D eigenvalue weighted by atomic mass is 9.68. The third-order valence-electron chi connectivity index (χ3n) is 14.7. The van der Waals surface area contributed by atoms with Gasteiger partial charge in [-0.15, -0.1) is 0 Å². The summed E-state index contributed by atoms with van der Waals surface area (Å²) in [7, 11) is 0. The summed E-state index contributed by atoms with van der Waals surface area (Å²) in [6, 6.07) is 95.8. The number of hydrogen-bond acceptors (Lipinski definition) is 2. The summed E-state index contributed by atoms with van der Waals surface area (Å²) in [6.07, 6.45) is 0. The molecule has 12 aromatic carbocycles. The van der Waals surface area contributed by atoms with Gasteiger partial charge in [0, 0.05) is 27.6 Å². The average Bonchev–Trinajstić information content (AvgIpc) is 3.94. The summed E-state index contributed by atoms with van der Waals surface area (Å²) in [5, 5.41) is 9.64. The van der Waals surface area contributed by atoms with Gasteiger partial charge in [-0.05, 0) is 131 Å². The van der Waals surface area contributed by atoms with E-state index >= 15 is 0 Å². The van der Waals surface area contributed by atoms with Gasteiger partial charge in [-0.25, -0.2) is 0 Å². The molecular formula is C67H43NO. The first kappa shape index (κ1) is 39.2. The predicted molar refractivity (Wildman–Crippen MR) is 289 cm³/mol. The molecule has 2 nitrogen and oxygen atoms in total. The number of para-hydroxylation sites is 1. The smallest absolute Gasteiger partial charge is 0.136 e. The van der Waals surface area contributed by atoms with E-state index in [1.807, 2.05) is 0 Å². The molecule has 0 unspecified atom stereocenters. The first-order chi connectivity index (χ1) is 34.2. The van der Waals surface area contributed by atoms with E-state index < -0.39 is 5.41 Å². The highest BCUT2D eigenvalue weighted by atomic mass is 16.3. The van der Waals surface area contributed by atoms with Crippen molar-refractivity contribution in [1.29, 1.82) is 0 Å². The Morgan fingerprint density at radius 2 is 0.884 bits per heavy atom. The van der Waals surface area contributed by atoms with Gasteiger partial charge in [0.05, 0.1) is 16.8 Å². The predicted octanol–water partition coefficient (Wildman–Crippen LogP) is 18.2. The van der Waals surface area contributed by atoms with Crippen molar-refractivity contribution in [2.75, 3.05) is 4.90 Å². The maximum Gasteiger partial charge on any atom is 0.136 e. The lowest BCUT2D eigenvalue weighted by molar-refractivity contribution is 0.669. The second kappa shape index (κ2) is 15.6. The van der Waals surface area contributed by atoms with E-state index in [-0.39, 0.29) is 0 Å². The molecule has 0 atom stereocenters. The second-order valence-corrected chi connectivity index (χ2v) is 18.4. The Bertz CT molecular complexity index is 4090. The summed E-state index contributed by atoms with van der Waals surface area (Å²) < 4.78 is 6.52. The normalized spacial score (nSPS) is 12.8. The van der Waals surface area contributed by atoms with E-state index in [1.54, 1.807) is 0 Å². The molecule has 1 aromatic heterocycles. The van der Waals surface area contributed by atoms with Crippen LogP contribution in [-0.4, -0.2) is 0 Å². The van der Waals surface area contributed by atoms with E-state index in [2.05, 4.69) is 266 Å². The summed E-state index contributed by atoms with van der Waals surface area (Å²) in [5.41, 5.74) is 16.6. The Hall–Kier alpha value is -8.98. The van der Waals surface area contributed by atoms with Crippen LogP contribution in [0.5, 0.6) is 0 Å². The molecule has 2 heteroatoms. The van der Waals surface area contributed by atoms with Crippen molar-refractivity contribution in [3.63, 3.8) is 0 Å². The molecule has 0 bridgehead atoms. The van der Waals surface area contributed by atoms with Crippen LogP contribution in [0.4, 0.5) is 17.1 Å². The zero-order valence-electron chi connectivity index (χ0n) is 37.7. The van der Waals surface area contributed by atoms with Gasteiger partial charge in [0.2, 0.25) is 0 Å². The minimum Gasteiger partial charge on any atom is -0.456 e. The summed E-state index contributed by atoms with van der Waals surface area (Å²) in [5.74, 6) is 0. The Morgan fingerprint density at radius 1 is 0.304 bits per heavy atom. The molecular weight excluding hydrogens is 835 g/mol. The first-order valence-corrected chi connectivity index (χ1v) is 23.8. The molecule has 0 aliphatic heterocycles. The number of nitrogens with zero attached hydrogens (tertiary/aromatic N) is 1. The molecule has 14 rings (SSSR count). The highest BCUT2D eigenvalue weighted by Gasteiger charge is 2.47. The lowest BCUT2D eigenvalue weighted by Gasteiger charge is -2.34. The Kier molecular flexibility index (Phi) is 8.84. The quantitative estimate of drug-likeness (QED) is 0.148. The maximum atomic E-state index is 6.52. The molecule has 1 aliphatic rings. The number of fused-ring (bicyclic) bond motifs is 10. The summed E-state index contributed by atoms with van der Waals surface area (Å²) >= 11 is 0. The molecule has 0 saturated carbocycles. The van der Waals surface area contributed by atoms with Gasteiger partial charge in [-0.1, -0.05) is 206 Å². The van der Waals surface area contributed by atoms with E-state index in [0.29, 0.717) is 0 Å². The fourth-order valence-electron chi connectivity index (χ4n) is 11.6. The largest absolute Gasteiger partial charge is 0.456 e. The van der Waals surface area contributed by atoms with E-state index in [1.165, 1.54) is 76.8 Å². The van der Waals surface area contributed by atoms with Gasteiger partial charge < -0.3 is 9.32 Å². The molecule has 0 N–H and O–H groups in total. The molecule has 0 spiro atoms. The van der Waals surface area contributed by atoms with Crippen molar-refractivity contribution in [3.8, 4) is 33.4 Å². The van der Waals surface area contributed by atoms with Crippen molar-refractivity contribution in [2.45, 2.75) is 5.41 Å². The molecule has 1 aliphatic carbocycles. The van der Waals surface area contributed by atoms with Gasteiger partial charge in [0.1, 0.15) is 11.2 Å². The van der Waals surface area contributed by atoms with E-state index in [9.17, 15) is 0 Å². The van der Waals surface area contributed by atoms with Crippen molar-refractivity contribution in [3.05, 3.63) is 283 Å². The third kappa shape index (κ3) is 6.06. The van der Waals surface area contributed by atoms with E-state index in [0.717, 1.165) is 50.1 Å². The molecule has 0 amide bonds. The first-order valence-electron chi connectivity index (χ1n) is 23.8. The number of benzene rings is 12. The standard InChI is InChI=1S/C67H43NO/c1-3-19-51(20-4-1)67(52-21-5-2-6-22-52)60-26-13-11-25-57(60)66-61(67)27-15-29-63(66)68(53-36-32-44(33-37-53)48-34-38-55-49(40-48)31-30-45-16-9-10-23-54(45)55)62-28-14-12-24-56(62)50-35-39-64-58(42-50)59-41-46-17-7-8-18-47(46)43-65(59)69-64/h1-43H. The molecule has 1 heterocycles. The molecule has 0 radical (unpaired) electrons. The molecule has 322 valence electrons. The van der Waals surface area contributed by atoms with Gasteiger partial charge >= 0.3 is 0 Å². The zero-order chi connectivity index (χ0) is 45.5. The molecule has 0 saturated heterocycles. The summed E-state index contributed by atoms with van der Waals surface area (Å²) in [6.45, 7) is 0. The van der Waals surface area contributed by atoms with E-state index in [4.69, 9.17) is 4.42 Å². The highest BCUT2D eigenvalue weighted by Crippen LogP contribution is 2.60. The van der Waals surface area contributed by atoms with Crippen molar-refractivity contribution in [1.82, 2.24) is 0 Å². The minimum atomic E-state index is -0.543. The van der Waals surface area contributed by atoms with Crippen molar-refractivity contribution in [2.24, 2.45) is 0 Å². The Labute approximate surface area is 400 Å². The van der Waals surface area contributed by atoms with Gasteiger partial charge in [0.25, 0.3) is 0 Å². The third-order valence-corrected chi connectivity index (χ3v) is 14.7. The van der Waals surface area contributed by atoms with Crippen LogP contribution in [0.3, 0.4) is 0 Å². The Balaban J connectivity index is 0.994. The van der Waals surface area contributed by atoms with Crippen molar-refractivity contribution < 1.29 is 4.42 Å². The highest BCUT2D eigenvalue weighted by molar-refractivity contribution is 6.12. The van der Waals surface area contributed by atoms with Crippen LogP contribution in [-0.2, 0) is 5.41 Å². The van der Waals surface area contributed by atoms with Crippen LogP contribution < -0.4 is 4.90 Å². The minimum absolute atomic E-state index is 0.543. The molecule has 69 heavy (non-hydrogen) atoms. The zero-order valence-corrected chi connectivity index (χ0v) is 37.7. The monoisotopic (exact) mass is 877 g/mol. The van der Waals surface area contributed by atoms with Gasteiger partial charge in [-0.3, -0.25) is 0 Å². The number of furan rings is 1. The topological polar surface area (TPSA) is 16.4 Å². The lowest BCUT2D eigenvalue weighted by Crippen LogP contribution is -2.28. The van der Waals surface area contributed by atoms with Gasteiger partial charge in [-0.2, -0.15) is 0 Å². The van der Waals surface area contributed by atoms with Crippen molar-refractivity contribution >= 4 is 71.3 Å². The second-order valence-electron chi connectivity index (χ2n) is 18.4. The molecule has 0 fully saturated rings. The fourth-order valence-corrected chi connectivity index (χ4v) is 11.6. The SMILES string of the molecule is c1ccc(C2(c3ccccc3)c3ccccc3-c3c(N(c4ccc(-c5ccc6c(ccc7ccccc76)c5)cc4)c4ccccc4-c4ccc5oc6cc7ccccc7cc6c5c4)cccc32)cc1. The van der Waals surface area contributed by atoms with Crippen LogP contribution in [0.2, 0.25) is 0 Å². The van der Waals surface area contributed by atoms with Crippen LogP contribution in [0.1, 0.15) is 22.3 Å². The average molecular weight is 878 g/mol. The number of anilines is 3. The molecule has 13 aromatic rings. The number of hydrogen-bond donors (Lipinski definition) is 0. The maximum absolute atomic E-state index is 6.52. The number of rotatable bonds is 7. The van der Waals surface area contributed by atoms with Crippen LogP contribution in [0, 0.1) is 0 Å². The van der Waals surface area contributed by atoms with Gasteiger partial charge in [0.15, 0.2) is 0 Å². The van der Waals surface area contributed by atoms with Crippen LogP contribution in [0.15, 0.2) is 265 Å².